The zero-order chi connectivity index (χ0) is 31.5. The highest BCUT2D eigenvalue weighted by Gasteiger charge is 2.37. The van der Waals surface area contributed by atoms with Gasteiger partial charge in [0.25, 0.3) is 0 Å². The normalized spacial score (nSPS) is 12.4. The number of esters is 1. The van der Waals surface area contributed by atoms with Crippen LogP contribution in [-0.4, -0.2) is 78.2 Å². The lowest BCUT2D eigenvalue weighted by Gasteiger charge is -2.31. The Morgan fingerprint density at radius 1 is 0.756 bits per heavy atom. The number of phosphoric ester groups is 1. The van der Waals surface area contributed by atoms with Crippen LogP contribution in [0.3, 0.4) is 0 Å². The second kappa shape index (κ2) is 15.5. The summed E-state index contributed by atoms with van der Waals surface area (Å²) >= 11 is 0. The van der Waals surface area contributed by atoms with Gasteiger partial charge in [-0.1, -0.05) is 30.3 Å². The molecule has 2 amide bonds. The zero-order valence-corrected chi connectivity index (χ0v) is 26.9. The summed E-state index contributed by atoms with van der Waals surface area (Å²) in [6.07, 6.45) is -1.57. The molecule has 0 aromatic heterocycles. The molecule has 0 spiro atoms. The van der Waals surface area contributed by atoms with E-state index in [1.807, 2.05) is 30.3 Å². The van der Waals surface area contributed by atoms with Gasteiger partial charge < -0.3 is 24.0 Å². The molecule has 41 heavy (non-hydrogen) atoms. The lowest BCUT2D eigenvalue weighted by Crippen LogP contribution is -2.41. The van der Waals surface area contributed by atoms with Crippen LogP contribution in [0.4, 0.5) is 9.59 Å². The van der Waals surface area contributed by atoms with E-state index in [1.165, 1.54) is 16.8 Å². The summed E-state index contributed by atoms with van der Waals surface area (Å²) in [7, 11) is -2.59. The predicted octanol–water partition coefficient (Wildman–Crippen LogP) is 6.14. The number of amides is 2. The molecule has 1 aromatic carbocycles. The summed E-state index contributed by atoms with van der Waals surface area (Å²) in [5, 5.41) is 0. The summed E-state index contributed by atoms with van der Waals surface area (Å²) < 4.78 is 45.4. The molecule has 0 N–H and O–H groups in total. The fourth-order valence-corrected chi connectivity index (χ4v) is 4.75. The molecule has 0 bridgehead atoms. The summed E-state index contributed by atoms with van der Waals surface area (Å²) in [4.78, 5) is 40.2. The second-order valence-corrected chi connectivity index (χ2v) is 13.8. The summed E-state index contributed by atoms with van der Waals surface area (Å²) in [5.74, 6) is -0.510. The first-order chi connectivity index (χ1) is 18.7. The van der Waals surface area contributed by atoms with E-state index in [9.17, 15) is 18.9 Å². The first kappa shape index (κ1) is 36.4. The molecule has 0 radical (unpaired) electrons. The maximum Gasteiger partial charge on any atom is 0.478 e. The molecular formula is C28H47N2O10P. The zero-order valence-electron chi connectivity index (χ0n) is 26.1. The van der Waals surface area contributed by atoms with Crippen LogP contribution >= 0.6 is 7.82 Å². The van der Waals surface area contributed by atoms with E-state index in [1.54, 1.807) is 62.3 Å². The van der Waals surface area contributed by atoms with E-state index < -0.39 is 49.6 Å². The van der Waals surface area contributed by atoms with Crippen LogP contribution in [0.2, 0.25) is 0 Å². The smallest absolute Gasteiger partial charge is 0.460 e. The van der Waals surface area contributed by atoms with Crippen molar-refractivity contribution >= 4 is 26.0 Å². The van der Waals surface area contributed by atoms with Crippen LogP contribution in [0, 0.1) is 0 Å². The highest BCUT2D eigenvalue weighted by Crippen LogP contribution is 2.55. The first-order valence-corrected chi connectivity index (χ1v) is 14.9. The topological polar surface area (TPSA) is 130 Å². The van der Waals surface area contributed by atoms with Crippen molar-refractivity contribution in [2.75, 3.05) is 33.5 Å². The van der Waals surface area contributed by atoms with Crippen molar-refractivity contribution in [1.29, 1.82) is 0 Å². The van der Waals surface area contributed by atoms with Crippen molar-refractivity contribution in [2.45, 2.75) is 92.1 Å². The fraction of sp³-hybridized carbons (Fsp3) is 0.679. The van der Waals surface area contributed by atoms with Gasteiger partial charge in [-0.05, 0) is 67.9 Å². The minimum atomic E-state index is -4.12. The first-order valence-electron chi connectivity index (χ1n) is 13.4. The standard InChI is InChI=1S/C28H47N2O10P/c1-26(2,3)38-23(31)16-17-30(19-18-29(10)24(32)35-20-22-14-12-11-13-15-22)25(33)36-21-37-41(34,39-27(4,5)6)40-28(7,8)9/h11-15H,16-21H2,1-10H3. The van der Waals surface area contributed by atoms with Gasteiger partial charge in [0.15, 0.2) is 0 Å². The van der Waals surface area contributed by atoms with Crippen LogP contribution < -0.4 is 0 Å². The Morgan fingerprint density at radius 3 is 1.83 bits per heavy atom. The third kappa shape index (κ3) is 17.0. The van der Waals surface area contributed by atoms with Gasteiger partial charge in [-0.25, -0.2) is 18.7 Å². The van der Waals surface area contributed by atoms with Crippen molar-refractivity contribution in [2.24, 2.45) is 0 Å². The van der Waals surface area contributed by atoms with E-state index >= 15 is 0 Å². The maximum absolute atomic E-state index is 13.2. The van der Waals surface area contributed by atoms with Gasteiger partial charge >= 0.3 is 26.0 Å². The minimum Gasteiger partial charge on any atom is -0.460 e. The molecule has 12 nitrogen and oxygen atoms in total. The van der Waals surface area contributed by atoms with Gasteiger partial charge in [-0.15, -0.1) is 0 Å². The Bertz CT molecular complexity index is 1010. The number of ether oxygens (including phenoxy) is 3. The minimum absolute atomic E-state index is 0.00715. The number of carbonyl (C=O) groups excluding carboxylic acids is 3. The number of likely N-dealkylation sites (N-methyl/N-ethyl adjacent to an activating group) is 1. The quantitative estimate of drug-likeness (QED) is 0.112. The van der Waals surface area contributed by atoms with Gasteiger partial charge in [0.05, 0.1) is 17.6 Å². The third-order valence-corrected chi connectivity index (χ3v) is 6.62. The van der Waals surface area contributed by atoms with Crippen molar-refractivity contribution in [3.05, 3.63) is 35.9 Å². The molecule has 1 rings (SSSR count). The van der Waals surface area contributed by atoms with Gasteiger partial charge in [0, 0.05) is 26.7 Å². The average Bonchev–Trinajstić information content (AvgIpc) is 2.79. The Hall–Kier alpha value is -2.66. The van der Waals surface area contributed by atoms with Crippen molar-refractivity contribution in [3.63, 3.8) is 0 Å². The fourth-order valence-electron chi connectivity index (χ4n) is 3.08. The Labute approximate surface area is 244 Å². The Morgan fingerprint density at radius 2 is 1.32 bits per heavy atom. The van der Waals surface area contributed by atoms with E-state index in [-0.39, 0.29) is 32.7 Å². The summed E-state index contributed by atoms with van der Waals surface area (Å²) in [6.45, 7) is 14.7. The van der Waals surface area contributed by atoms with E-state index in [4.69, 9.17) is 27.8 Å². The number of hydrogen-bond donors (Lipinski definition) is 0. The van der Waals surface area contributed by atoms with E-state index in [0.717, 1.165) is 5.56 Å². The number of carbonyl (C=O) groups is 3. The number of phosphoric acid groups is 1. The molecule has 0 saturated carbocycles. The SMILES string of the molecule is CN(CCN(CCC(=O)OC(C)(C)C)C(=O)OCOP(=O)(OC(C)(C)C)OC(C)(C)C)C(=O)OCc1ccccc1. The Kier molecular flexibility index (Phi) is 13.8. The highest BCUT2D eigenvalue weighted by atomic mass is 31.2. The average molecular weight is 603 g/mol. The van der Waals surface area contributed by atoms with Crippen LogP contribution in [0.25, 0.3) is 0 Å². The van der Waals surface area contributed by atoms with Crippen LogP contribution in [0.15, 0.2) is 30.3 Å². The van der Waals surface area contributed by atoms with E-state index in [0.29, 0.717) is 0 Å². The molecule has 0 heterocycles. The van der Waals surface area contributed by atoms with Gasteiger partial charge in [-0.3, -0.25) is 13.8 Å². The number of nitrogens with zero attached hydrogens (tertiary/aromatic N) is 2. The molecule has 0 aliphatic rings. The highest BCUT2D eigenvalue weighted by molar-refractivity contribution is 7.48. The molecule has 0 fully saturated rings. The summed E-state index contributed by atoms with van der Waals surface area (Å²) in [6, 6.07) is 9.22. The molecule has 0 atom stereocenters. The van der Waals surface area contributed by atoms with Crippen LogP contribution in [0.1, 0.15) is 74.3 Å². The number of benzene rings is 1. The monoisotopic (exact) mass is 602 g/mol. The van der Waals surface area contributed by atoms with Gasteiger partial charge in [-0.2, -0.15) is 0 Å². The number of rotatable bonds is 13. The van der Waals surface area contributed by atoms with Crippen molar-refractivity contribution in [1.82, 2.24) is 9.80 Å². The summed E-state index contributed by atoms with van der Waals surface area (Å²) in [5.41, 5.74) is -1.60. The molecule has 0 aliphatic carbocycles. The van der Waals surface area contributed by atoms with Crippen LogP contribution in [-0.2, 0) is 43.7 Å². The van der Waals surface area contributed by atoms with Crippen molar-refractivity contribution in [3.8, 4) is 0 Å². The third-order valence-electron chi connectivity index (χ3n) is 4.65. The second-order valence-electron chi connectivity index (χ2n) is 12.3. The van der Waals surface area contributed by atoms with Gasteiger partial charge in [0.1, 0.15) is 12.2 Å². The largest absolute Gasteiger partial charge is 0.478 e. The molecule has 13 heteroatoms. The predicted molar refractivity (Wildman–Crippen MR) is 153 cm³/mol. The maximum atomic E-state index is 13.2. The number of hydrogen-bond acceptors (Lipinski definition) is 10. The molecule has 0 unspecified atom stereocenters. The lowest BCUT2D eigenvalue weighted by atomic mass is 10.2. The molecule has 234 valence electrons. The molecular weight excluding hydrogens is 555 g/mol. The molecule has 0 saturated heterocycles. The Balaban J connectivity index is 2.84. The molecule has 1 aromatic rings. The van der Waals surface area contributed by atoms with E-state index in [2.05, 4.69) is 0 Å². The van der Waals surface area contributed by atoms with Gasteiger partial charge in [0.2, 0.25) is 6.79 Å². The lowest BCUT2D eigenvalue weighted by molar-refractivity contribution is -0.155. The van der Waals surface area contributed by atoms with Crippen molar-refractivity contribution < 1.29 is 46.7 Å². The van der Waals surface area contributed by atoms with Crippen LogP contribution in [0.5, 0.6) is 0 Å². The molecule has 0 aliphatic heterocycles.